The first-order valence-corrected chi connectivity index (χ1v) is 10.4. The summed E-state index contributed by atoms with van der Waals surface area (Å²) in [5.41, 5.74) is 3.89. The molecule has 0 spiro atoms. The molecular formula is C25H28N2O4. The minimum absolute atomic E-state index is 0.220. The van der Waals surface area contributed by atoms with Crippen molar-refractivity contribution in [1.82, 2.24) is 10.2 Å². The van der Waals surface area contributed by atoms with Gasteiger partial charge in [0.25, 0.3) is 5.91 Å². The highest BCUT2D eigenvalue weighted by Crippen LogP contribution is 2.35. The first kappa shape index (κ1) is 22.2. The minimum Gasteiger partial charge on any atom is -0.490 e. The van der Waals surface area contributed by atoms with Crippen molar-refractivity contribution in [3.05, 3.63) is 77.0 Å². The first-order valence-electron chi connectivity index (χ1n) is 10.4. The summed E-state index contributed by atoms with van der Waals surface area (Å²) in [7, 11) is 0. The molecule has 1 aliphatic heterocycles. The summed E-state index contributed by atoms with van der Waals surface area (Å²) in [6.07, 6.45) is 4.04. The lowest BCUT2D eigenvalue weighted by molar-refractivity contribution is -0.123. The van der Waals surface area contributed by atoms with E-state index in [0.29, 0.717) is 31.1 Å². The van der Waals surface area contributed by atoms with Crippen molar-refractivity contribution in [3.8, 4) is 11.5 Å². The van der Waals surface area contributed by atoms with Crippen LogP contribution in [0.3, 0.4) is 0 Å². The molecule has 1 saturated heterocycles. The summed E-state index contributed by atoms with van der Waals surface area (Å²) >= 11 is 0. The van der Waals surface area contributed by atoms with Crippen LogP contribution in [-0.4, -0.2) is 30.1 Å². The number of carbonyl (C=O) groups excluding carboxylic acids is 2. The van der Waals surface area contributed by atoms with Crippen molar-refractivity contribution >= 4 is 18.0 Å². The molecule has 31 heavy (non-hydrogen) atoms. The predicted molar refractivity (Wildman–Crippen MR) is 121 cm³/mol. The number of amides is 3. The Labute approximate surface area is 183 Å². The highest BCUT2D eigenvalue weighted by Gasteiger charge is 2.33. The van der Waals surface area contributed by atoms with Gasteiger partial charge in [-0.3, -0.25) is 9.69 Å². The van der Waals surface area contributed by atoms with E-state index in [4.69, 9.17) is 9.47 Å². The molecule has 2 aromatic rings. The summed E-state index contributed by atoms with van der Waals surface area (Å²) < 4.78 is 11.6. The molecule has 162 valence electrons. The van der Waals surface area contributed by atoms with E-state index in [0.717, 1.165) is 22.3 Å². The molecule has 0 saturated carbocycles. The van der Waals surface area contributed by atoms with Crippen molar-refractivity contribution in [2.24, 2.45) is 0 Å². The van der Waals surface area contributed by atoms with Gasteiger partial charge in [-0.15, -0.1) is 6.58 Å². The standard InChI is InChI=1S/C25H28N2O4/c1-5-8-20-13-19(15-22(30-6-2)23(20)31-7-3)14-21-24(28)27(25(29)26-21)16-18-11-9-17(4)10-12-18/h5,9-15H,1,6-8,16H2,2-4H3,(H,26,29)/b21-14+. The van der Waals surface area contributed by atoms with Crippen LogP contribution < -0.4 is 14.8 Å². The average molecular weight is 421 g/mol. The van der Waals surface area contributed by atoms with Gasteiger partial charge in [-0.25, -0.2) is 4.79 Å². The number of nitrogens with one attached hydrogen (secondary N) is 1. The highest BCUT2D eigenvalue weighted by atomic mass is 16.5. The zero-order valence-corrected chi connectivity index (χ0v) is 18.2. The molecule has 0 bridgehead atoms. The van der Waals surface area contributed by atoms with Crippen LogP contribution in [0.2, 0.25) is 0 Å². The average Bonchev–Trinajstić information content (AvgIpc) is 3.00. The maximum Gasteiger partial charge on any atom is 0.329 e. The molecule has 1 fully saturated rings. The fourth-order valence-corrected chi connectivity index (χ4v) is 3.40. The summed E-state index contributed by atoms with van der Waals surface area (Å²) in [6.45, 7) is 10.8. The van der Waals surface area contributed by atoms with E-state index in [1.807, 2.05) is 57.2 Å². The van der Waals surface area contributed by atoms with Crippen molar-refractivity contribution < 1.29 is 19.1 Å². The molecule has 2 aromatic carbocycles. The lowest BCUT2D eigenvalue weighted by Gasteiger charge is -2.16. The second-order valence-electron chi connectivity index (χ2n) is 7.23. The van der Waals surface area contributed by atoms with E-state index in [1.54, 1.807) is 12.2 Å². The molecule has 0 radical (unpaired) electrons. The van der Waals surface area contributed by atoms with E-state index in [2.05, 4.69) is 11.9 Å². The van der Waals surface area contributed by atoms with Crippen LogP contribution in [-0.2, 0) is 17.8 Å². The second kappa shape index (κ2) is 9.98. The van der Waals surface area contributed by atoms with Crippen molar-refractivity contribution in [2.45, 2.75) is 33.7 Å². The van der Waals surface area contributed by atoms with Crippen LogP contribution in [0.15, 0.2) is 54.8 Å². The molecule has 0 unspecified atom stereocenters. The van der Waals surface area contributed by atoms with Gasteiger partial charge in [0.05, 0.1) is 19.8 Å². The zero-order valence-electron chi connectivity index (χ0n) is 18.2. The molecule has 6 heteroatoms. The number of imide groups is 1. The maximum absolute atomic E-state index is 12.9. The smallest absolute Gasteiger partial charge is 0.329 e. The van der Waals surface area contributed by atoms with E-state index >= 15 is 0 Å². The Morgan fingerprint density at radius 1 is 1.06 bits per heavy atom. The lowest BCUT2D eigenvalue weighted by Crippen LogP contribution is -2.30. The van der Waals surface area contributed by atoms with Gasteiger partial charge in [0.15, 0.2) is 11.5 Å². The van der Waals surface area contributed by atoms with Crippen LogP contribution in [0.1, 0.15) is 36.1 Å². The number of urea groups is 1. The van der Waals surface area contributed by atoms with Crippen LogP contribution in [0.5, 0.6) is 11.5 Å². The minimum atomic E-state index is -0.431. The fourth-order valence-electron chi connectivity index (χ4n) is 3.40. The molecule has 3 rings (SSSR count). The molecule has 1 N–H and O–H groups in total. The normalized spacial score (nSPS) is 14.7. The number of allylic oxidation sites excluding steroid dienone is 1. The van der Waals surface area contributed by atoms with Gasteiger partial charge in [-0.05, 0) is 56.5 Å². The van der Waals surface area contributed by atoms with Crippen LogP contribution in [0, 0.1) is 6.92 Å². The van der Waals surface area contributed by atoms with Gasteiger partial charge in [0.2, 0.25) is 0 Å². The fraction of sp³-hybridized carbons (Fsp3) is 0.280. The van der Waals surface area contributed by atoms with Crippen LogP contribution in [0.25, 0.3) is 6.08 Å². The highest BCUT2D eigenvalue weighted by molar-refractivity contribution is 6.13. The van der Waals surface area contributed by atoms with Gasteiger partial charge in [-0.1, -0.05) is 35.9 Å². The summed E-state index contributed by atoms with van der Waals surface area (Å²) in [5, 5.41) is 2.68. The second-order valence-corrected chi connectivity index (χ2v) is 7.23. The van der Waals surface area contributed by atoms with E-state index in [9.17, 15) is 9.59 Å². The number of hydrogen-bond acceptors (Lipinski definition) is 4. The van der Waals surface area contributed by atoms with Crippen molar-refractivity contribution in [1.29, 1.82) is 0 Å². The van der Waals surface area contributed by atoms with Gasteiger partial charge in [0.1, 0.15) is 5.70 Å². The quantitative estimate of drug-likeness (QED) is 0.365. The Hall–Kier alpha value is -3.54. The topological polar surface area (TPSA) is 67.9 Å². The Kier molecular flexibility index (Phi) is 7.13. The molecule has 0 aliphatic carbocycles. The molecule has 6 nitrogen and oxygen atoms in total. The van der Waals surface area contributed by atoms with Gasteiger partial charge in [0, 0.05) is 5.56 Å². The van der Waals surface area contributed by atoms with Gasteiger partial charge >= 0.3 is 6.03 Å². The van der Waals surface area contributed by atoms with Crippen molar-refractivity contribution in [2.75, 3.05) is 13.2 Å². The molecule has 0 atom stereocenters. The first-order chi connectivity index (χ1) is 15.0. The van der Waals surface area contributed by atoms with Crippen molar-refractivity contribution in [3.63, 3.8) is 0 Å². The summed E-state index contributed by atoms with van der Waals surface area (Å²) in [6, 6.07) is 11.1. The number of hydrogen-bond donors (Lipinski definition) is 1. The largest absolute Gasteiger partial charge is 0.490 e. The molecular weight excluding hydrogens is 392 g/mol. The SMILES string of the molecule is C=CCc1cc(/C=C2/NC(=O)N(Cc3ccc(C)cc3)C2=O)cc(OCC)c1OCC. The Bertz CT molecular complexity index is 1010. The van der Waals surface area contributed by atoms with Crippen LogP contribution >= 0.6 is 0 Å². The zero-order chi connectivity index (χ0) is 22.4. The molecule has 0 aromatic heterocycles. The molecule has 1 heterocycles. The maximum atomic E-state index is 12.9. The lowest BCUT2D eigenvalue weighted by atomic mass is 10.0. The number of benzene rings is 2. The Morgan fingerprint density at radius 3 is 2.42 bits per heavy atom. The van der Waals surface area contributed by atoms with E-state index < -0.39 is 6.03 Å². The Morgan fingerprint density at radius 2 is 1.77 bits per heavy atom. The number of aryl methyl sites for hydroxylation is 1. The molecule has 1 aliphatic rings. The van der Waals surface area contributed by atoms with Gasteiger partial charge < -0.3 is 14.8 Å². The number of ether oxygens (including phenoxy) is 2. The molecule has 3 amide bonds. The third-order valence-corrected chi connectivity index (χ3v) is 4.84. The van der Waals surface area contributed by atoms with Crippen LogP contribution in [0.4, 0.5) is 4.79 Å². The summed E-state index contributed by atoms with van der Waals surface area (Å²) in [4.78, 5) is 26.5. The number of carbonyl (C=O) groups is 2. The predicted octanol–water partition coefficient (Wildman–Crippen LogP) is 4.61. The Balaban J connectivity index is 1.91. The number of rotatable bonds is 9. The monoisotopic (exact) mass is 420 g/mol. The van der Waals surface area contributed by atoms with E-state index in [-0.39, 0.29) is 18.1 Å². The third kappa shape index (κ3) is 5.15. The summed E-state index contributed by atoms with van der Waals surface area (Å²) in [5.74, 6) is 0.917. The third-order valence-electron chi connectivity index (χ3n) is 4.84. The van der Waals surface area contributed by atoms with Gasteiger partial charge in [-0.2, -0.15) is 0 Å². The number of nitrogens with zero attached hydrogens (tertiary/aromatic N) is 1. The van der Waals surface area contributed by atoms with E-state index in [1.165, 1.54) is 4.90 Å².